The van der Waals surface area contributed by atoms with E-state index in [1.807, 2.05) is 30.3 Å². The summed E-state index contributed by atoms with van der Waals surface area (Å²) in [5.74, 6) is -2.43. The van der Waals surface area contributed by atoms with E-state index in [1.54, 1.807) is 0 Å². The average molecular weight is 429 g/mol. The number of hydrogen-bond acceptors (Lipinski definition) is 3. The van der Waals surface area contributed by atoms with Gasteiger partial charge in [-0.05, 0) is 11.6 Å². The van der Waals surface area contributed by atoms with Crippen molar-refractivity contribution in [2.75, 3.05) is 5.32 Å². The van der Waals surface area contributed by atoms with E-state index < -0.39 is 23.4 Å². The van der Waals surface area contributed by atoms with Crippen molar-refractivity contribution >= 4 is 34.4 Å². The first kappa shape index (κ1) is 19.7. The molecule has 0 radical (unpaired) electrons. The number of fused-ring (bicyclic) bond motifs is 1. The van der Waals surface area contributed by atoms with Crippen LogP contribution in [0, 0.1) is 11.6 Å². The lowest BCUT2D eigenvalue weighted by Crippen LogP contribution is -2.28. The number of benzene rings is 2. The minimum absolute atomic E-state index is 0.0533. The lowest BCUT2D eigenvalue weighted by atomic mass is 10.2. The highest BCUT2D eigenvalue weighted by atomic mass is 35.5. The van der Waals surface area contributed by atoms with Crippen LogP contribution in [0.5, 0.6) is 11.5 Å². The fourth-order valence-corrected chi connectivity index (χ4v) is 3.10. The summed E-state index contributed by atoms with van der Waals surface area (Å²) in [7, 11) is 0. The van der Waals surface area contributed by atoms with Crippen molar-refractivity contribution in [3.63, 3.8) is 0 Å². The Bertz CT molecular complexity index is 1190. The number of hydrogen-bond donors (Lipinski definition) is 3. The molecule has 6 nitrogen and oxygen atoms in total. The van der Waals surface area contributed by atoms with Crippen LogP contribution < -0.4 is 15.4 Å². The highest BCUT2D eigenvalue weighted by Crippen LogP contribution is 2.36. The molecule has 2 heterocycles. The SMILES string of the molecule is O=C(NCc1ccccc1)Nc1cc(F)c(Oc2ccnc3[nH]cc(Cl)c23)c(F)c1. The standard InChI is InChI=1S/C21H15ClF2N4O2/c22-14-11-26-20-18(14)17(6-7-25-20)30-19-15(23)8-13(9-16(19)24)28-21(29)27-10-12-4-2-1-3-5-12/h1-9,11H,10H2,(H,25,26)(H2,27,28,29). The smallest absolute Gasteiger partial charge is 0.319 e. The summed E-state index contributed by atoms with van der Waals surface area (Å²) < 4.78 is 34.5. The zero-order valence-corrected chi connectivity index (χ0v) is 16.1. The summed E-state index contributed by atoms with van der Waals surface area (Å²) in [6.45, 7) is 0.272. The molecule has 0 atom stereocenters. The van der Waals surface area contributed by atoms with Crippen molar-refractivity contribution in [3.8, 4) is 11.5 Å². The zero-order chi connectivity index (χ0) is 21.1. The summed E-state index contributed by atoms with van der Waals surface area (Å²) in [6.07, 6.45) is 2.92. The molecule has 0 fully saturated rings. The molecule has 30 heavy (non-hydrogen) atoms. The topological polar surface area (TPSA) is 79.0 Å². The number of ether oxygens (including phenoxy) is 1. The number of nitrogens with one attached hydrogen (secondary N) is 3. The van der Waals surface area contributed by atoms with Crippen molar-refractivity contribution < 1.29 is 18.3 Å². The first-order chi connectivity index (χ1) is 14.5. The van der Waals surface area contributed by atoms with E-state index in [2.05, 4.69) is 20.6 Å². The molecule has 0 saturated heterocycles. The quantitative estimate of drug-likeness (QED) is 0.386. The molecule has 152 valence electrons. The van der Waals surface area contributed by atoms with Crippen LogP contribution in [0.1, 0.15) is 5.56 Å². The minimum Gasteiger partial charge on any atom is -0.450 e. The molecular formula is C21H15ClF2N4O2. The van der Waals surface area contributed by atoms with Crippen LogP contribution in [0.3, 0.4) is 0 Å². The zero-order valence-electron chi connectivity index (χ0n) is 15.4. The van der Waals surface area contributed by atoms with Gasteiger partial charge in [-0.1, -0.05) is 41.9 Å². The van der Waals surface area contributed by atoms with Crippen molar-refractivity contribution in [2.45, 2.75) is 6.54 Å². The number of nitrogens with zero attached hydrogens (tertiary/aromatic N) is 1. The van der Waals surface area contributed by atoms with Crippen LogP contribution in [-0.4, -0.2) is 16.0 Å². The van der Waals surface area contributed by atoms with Gasteiger partial charge in [0.1, 0.15) is 11.4 Å². The van der Waals surface area contributed by atoms with Crippen molar-refractivity contribution in [3.05, 3.63) is 83.1 Å². The molecule has 0 aliphatic rings. The number of aromatic nitrogens is 2. The number of urea groups is 1. The van der Waals surface area contributed by atoms with Gasteiger partial charge in [0.15, 0.2) is 17.4 Å². The average Bonchev–Trinajstić information content (AvgIpc) is 3.12. The summed E-state index contributed by atoms with van der Waals surface area (Å²) >= 11 is 6.09. The molecule has 0 spiro atoms. The predicted molar refractivity (Wildman–Crippen MR) is 110 cm³/mol. The number of aromatic amines is 1. The molecule has 0 saturated carbocycles. The van der Waals surface area contributed by atoms with Gasteiger partial charge in [-0.25, -0.2) is 18.6 Å². The first-order valence-corrected chi connectivity index (χ1v) is 9.26. The lowest BCUT2D eigenvalue weighted by molar-refractivity contribution is 0.251. The molecule has 4 aromatic rings. The van der Waals surface area contributed by atoms with Crippen LogP contribution in [0.4, 0.5) is 19.3 Å². The van der Waals surface area contributed by atoms with Gasteiger partial charge in [0, 0.05) is 36.8 Å². The minimum atomic E-state index is -0.982. The second kappa shape index (κ2) is 8.38. The van der Waals surface area contributed by atoms with Gasteiger partial charge < -0.3 is 20.4 Å². The molecule has 9 heteroatoms. The molecule has 4 rings (SSSR count). The third kappa shape index (κ3) is 4.18. The van der Waals surface area contributed by atoms with Gasteiger partial charge in [-0.2, -0.15) is 0 Å². The number of halogens is 3. The fourth-order valence-electron chi connectivity index (χ4n) is 2.87. The summed E-state index contributed by atoms with van der Waals surface area (Å²) in [4.78, 5) is 18.9. The maximum Gasteiger partial charge on any atom is 0.319 e. The van der Waals surface area contributed by atoms with E-state index in [0.717, 1.165) is 17.7 Å². The molecule has 2 aromatic heterocycles. The lowest BCUT2D eigenvalue weighted by Gasteiger charge is -2.12. The summed E-state index contributed by atoms with van der Waals surface area (Å²) in [6, 6.07) is 12.0. The summed E-state index contributed by atoms with van der Waals surface area (Å²) in [5.41, 5.74) is 1.26. The Morgan fingerprint density at radius 1 is 1.13 bits per heavy atom. The number of anilines is 1. The molecule has 0 unspecified atom stereocenters. The van der Waals surface area contributed by atoms with E-state index in [0.29, 0.717) is 16.1 Å². The Morgan fingerprint density at radius 3 is 2.60 bits per heavy atom. The van der Waals surface area contributed by atoms with Gasteiger partial charge in [0.05, 0.1) is 10.4 Å². The Labute approximate surface area is 174 Å². The van der Waals surface area contributed by atoms with Crippen LogP contribution in [-0.2, 0) is 6.54 Å². The molecule has 3 N–H and O–H groups in total. The Hall–Kier alpha value is -3.65. The van der Waals surface area contributed by atoms with Gasteiger partial charge in [0.25, 0.3) is 0 Å². The third-order valence-corrected chi connectivity index (χ3v) is 4.55. The van der Waals surface area contributed by atoms with Crippen LogP contribution in [0.25, 0.3) is 11.0 Å². The van der Waals surface area contributed by atoms with E-state index in [9.17, 15) is 13.6 Å². The third-order valence-electron chi connectivity index (χ3n) is 4.25. The number of pyridine rings is 1. The Kier molecular flexibility index (Phi) is 5.49. The van der Waals surface area contributed by atoms with Crippen molar-refractivity contribution in [1.82, 2.24) is 15.3 Å². The first-order valence-electron chi connectivity index (χ1n) is 8.88. The van der Waals surface area contributed by atoms with Gasteiger partial charge >= 0.3 is 6.03 Å². The molecule has 2 aromatic carbocycles. The molecule has 0 aliphatic heterocycles. The number of amides is 2. The number of carbonyl (C=O) groups excluding carboxylic acids is 1. The van der Waals surface area contributed by atoms with Crippen molar-refractivity contribution in [1.29, 1.82) is 0 Å². The largest absolute Gasteiger partial charge is 0.450 e. The predicted octanol–water partition coefficient (Wildman–Crippen LogP) is 5.61. The normalized spacial score (nSPS) is 10.8. The number of rotatable bonds is 5. The molecule has 0 bridgehead atoms. The van der Waals surface area contributed by atoms with E-state index in [4.69, 9.17) is 16.3 Å². The van der Waals surface area contributed by atoms with Crippen LogP contribution in [0.2, 0.25) is 5.02 Å². The molecular weight excluding hydrogens is 414 g/mol. The highest BCUT2D eigenvalue weighted by Gasteiger charge is 2.18. The highest BCUT2D eigenvalue weighted by molar-refractivity contribution is 6.36. The van der Waals surface area contributed by atoms with Gasteiger partial charge in [-0.3, -0.25) is 0 Å². The van der Waals surface area contributed by atoms with Gasteiger partial charge in [0.2, 0.25) is 0 Å². The summed E-state index contributed by atoms with van der Waals surface area (Å²) in [5, 5.41) is 5.72. The number of carbonyl (C=O) groups is 1. The van der Waals surface area contributed by atoms with Crippen molar-refractivity contribution in [2.24, 2.45) is 0 Å². The monoisotopic (exact) mass is 428 g/mol. The maximum absolute atomic E-state index is 14.5. The fraction of sp³-hybridized carbons (Fsp3) is 0.0476. The maximum atomic E-state index is 14.5. The number of H-pyrrole nitrogens is 1. The van der Waals surface area contributed by atoms with E-state index in [1.165, 1.54) is 18.5 Å². The molecule has 0 aliphatic carbocycles. The van der Waals surface area contributed by atoms with E-state index >= 15 is 0 Å². The molecule has 2 amide bonds. The van der Waals surface area contributed by atoms with Crippen LogP contribution >= 0.6 is 11.6 Å². The Balaban J connectivity index is 1.49. The van der Waals surface area contributed by atoms with Crippen LogP contribution in [0.15, 0.2) is 60.9 Å². The van der Waals surface area contributed by atoms with E-state index in [-0.39, 0.29) is 18.0 Å². The second-order valence-corrected chi connectivity index (χ2v) is 6.74. The second-order valence-electron chi connectivity index (χ2n) is 6.33. The van der Waals surface area contributed by atoms with Gasteiger partial charge in [-0.15, -0.1) is 0 Å². The Morgan fingerprint density at radius 2 is 1.87 bits per heavy atom.